The summed E-state index contributed by atoms with van der Waals surface area (Å²) in [6.07, 6.45) is 1.14. The summed E-state index contributed by atoms with van der Waals surface area (Å²) >= 11 is 0. The van der Waals surface area contributed by atoms with Crippen molar-refractivity contribution in [2.75, 3.05) is 5.73 Å². The van der Waals surface area contributed by atoms with Crippen molar-refractivity contribution in [2.24, 2.45) is 0 Å². The van der Waals surface area contributed by atoms with E-state index < -0.39 is 6.17 Å². The maximum atomic E-state index is 12.6. The third-order valence-electron chi connectivity index (χ3n) is 2.04. The summed E-state index contributed by atoms with van der Waals surface area (Å²) in [6.45, 7) is 0. The summed E-state index contributed by atoms with van der Waals surface area (Å²) in [6, 6.07) is 2.90. The van der Waals surface area contributed by atoms with E-state index >= 15 is 0 Å². The van der Waals surface area contributed by atoms with Crippen LogP contribution in [0.4, 0.5) is 10.1 Å². The van der Waals surface area contributed by atoms with Gasteiger partial charge >= 0.3 is 0 Å². The Morgan fingerprint density at radius 2 is 2.33 bits per heavy atom. The van der Waals surface area contributed by atoms with Crippen molar-refractivity contribution in [3.8, 4) is 0 Å². The number of nitrogen functional groups attached to an aromatic ring is 1. The molecule has 0 aliphatic heterocycles. The van der Waals surface area contributed by atoms with Crippen LogP contribution in [0, 0.1) is 0 Å². The lowest BCUT2D eigenvalue weighted by molar-refractivity contribution is 0.438. The number of hydrogen-bond donors (Lipinski definition) is 1. The van der Waals surface area contributed by atoms with E-state index in [0.717, 1.165) is 0 Å². The second kappa shape index (κ2) is 2.33. The highest BCUT2D eigenvalue weighted by Crippen LogP contribution is 2.37. The first-order valence-electron chi connectivity index (χ1n) is 3.81. The SMILES string of the molecule is Nc1cccn([C@@H]2CC2F)c1=O. The normalized spacial score (nSPS) is 27.1. The molecule has 1 saturated carbocycles. The number of anilines is 1. The third-order valence-corrected chi connectivity index (χ3v) is 2.04. The van der Waals surface area contributed by atoms with Crippen molar-refractivity contribution < 1.29 is 4.39 Å². The molecular weight excluding hydrogens is 159 g/mol. The Bertz CT molecular complexity index is 360. The average Bonchev–Trinajstić information content (AvgIpc) is 2.73. The first kappa shape index (κ1) is 7.34. The van der Waals surface area contributed by atoms with Crippen molar-refractivity contribution in [1.82, 2.24) is 4.57 Å². The van der Waals surface area contributed by atoms with Gasteiger partial charge in [0.25, 0.3) is 5.56 Å². The zero-order valence-electron chi connectivity index (χ0n) is 6.40. The second-order valence-corrected chi connectivity index (χ2v) is 2.99. The molecule has 0 saturated heterocycles. The highest BCUT2D eigenvalue weighted by atomic mass is 19.1. The van der Waals surface area contributed by atoms with Gasteiger partial charge in [0.2, 0.25) is 0 Å². The fourth-order valence-electron chi connectivity index (χ4n) is 1.23. The Hall–Kier alpha value is -1.32. The summed E-state index contributed by atoms with van der Waals surface area (Å²) in [7, 11) is 0. The number of rotatable bonds is 1. The molecule has 0 spiro atoms. The average molecular weight is 168 g/mol. The molecule has 12 heavy (non-hydrogen) atoms. The van der Waals surface area contributed by atoms with Gasteiger partial charge in [-0.15, -0.1) is 0 Å². The standard InChI is InChI=1S/C8H9FN2O/c9-5-4-7(5)11-3-1-2-6(10)8(11)12/h1-3,5,7H,4,10H2/t5?,7-/m1/s1. The molecule has 2 atom stereocenters. The number of hydrogen-bond acceptors (Lipinski definition) is 2. The first-order chi connectivity index (χ1) is 5.70. The topological polar surface area (TPSA) is 48.0 Å². The van der Waals surface area contributed by atoms with E-state index in [-0.39, 0.29) is 17.3 Å². The number of nitrogens with zero attached hydrogens (tertiary/aromatic N) is 1. The molecule has 1 aromatic heterocycles. The van der Waals surface area contributed by atoms with Crippen molar-refractivity contribution >= 4 is 5.69 Å². The first-order valence-corrected chi connectivity index (χ1v) is 3.81. The summed E-state index contributed by atoms with van der Waals surface area (Å²) in [5, 5.41) is 0. The molecule has 1 heterocycles. The van der Waals surface area contributed by atoms with Crippen LogP contribution in [-0.4, -0.2) is 10.7 Å². The largest absolute Gasteiger partial charge is 0.394 e. The van der Waals surface area contributed by atoms with E-state index in [1.165, 1.54) is 10.6 Å². The highest BCUT2D eigenvalue weighted by molar-refractivity contribution is 5.34. The summed E-state index contributed by atoms with van der Waals surface area (Å²) in [4.78, 5) is 11.3. The van der Waals surface area contributed by atoms with Gasteiger partial charge in [-0.05, 0) is 12.1 Å². The fraction of sp³-hybridized carbons (Fsp3) is 0.375. The maximum Gasteiger partial charge on any atom is 0.274 e. The van der Waals surface area contributed by atoms with Crippen LogP contribution in [-0.2, 0) is 0 Å². The monoisotopic (exact) mass is 168 g/mol. The number of aromatic nitrogens is 1. The Balaban J connectivity index is 2.45. The van der Waals surface area contributed by atoms with Gasteiger partial charge < -0.3 is 10.3 Å². The van der Waals surface area contributed by atoms with Gasteiger partial charge in [-0.3, -0.25) is 4.79 Å². The molecule has 0 radical (unpaired) electrons. The van der Waals surface area contributed by atoms with Crippen molar-refractivity contribution in [1.29, 1.82) is 0 Å². The lowest BCUT2D eigenvalue weighted by Gasteiger charge is -2.02. The Morgan fingerprint density at radius 1 is 1.67 bits per heavy atom. The van der Waals surface area contributed by atoms with Gasteiger partial charge in [0, 0.05) is 12.6 Å². The van der Waals surface area contributed by atoms with E-state index in [1.54, 1.807) is 12.3 Å². The molecule has 2 rings (SSSR count). The zero-order valence-corrected chi connectivity index (χ0v) is 6.40. The summed E-state index contributed by atoms with van der Waals surface area (Å²) in [5.74, 6) is 0. The molecule has 4 heteroatoms. The van der Waals surface area contributed by atoms with Gasteiger partial charge in [-0.1, -0.05) is 0 Å². The molecule has 0 bridgehead atoms. The van der Waals surface area contributed by atoms with E-state index in [4.69, 9.17) is 5.73 Å². The molecule has 64 valence electrons. The van der Waals surface area contributed by atoms with Crippen LogP contribution in [0.15, 0.2) is 23.1 Å². The number of pyridine rings is 1. The third kappa shape index (κ3) is 0.995. The molecule has 1 aromatic rings. The number of nitrogens with two attached hydrogens (primary N) is 1. The predicted molar refractivity (Wildman–Crippen MR) is 43.7 cm³/mol. The fourth-order valence-corrected chi connectivity index (χ4v) is 1.23. The van der Waals surface area contributed by atoms with Gasteiger partial charge in [0.1, 0.15) is 6.17 Å². The summed E-state index contributed by atoms with van der Waals surface area (Å²) < 4.78 is 13.9. The molecule has 1 aliphatic rings. The molecule has 2 N–H and O–H groups in total. The molecule has 3 nitrogen and oxygen atoms in total. The quantitative estimate of drug-likeness (QED) is 0.671. The lowest BCUT2D eigenvalue weighted by Crippen LogP contribution is -2.21. The number of alkyl halides is 1. The lowest BCUT2D eigenvalue weighted by atomic mass is 10.4. The Kier molecular flexibility index (Phi) is 1.43. The molecule has 0 amide bonds. The van der Waals surface area contributed by atoms with Crippen molar-refractivity contribution in [3.05, 3.63) is 28.7 Å². The maximum absolute atomic E-state index is 12.6. The second-order valence-electron chi connectivity index (χ2n) is 2.99. The van der Waals surface area contributed by atoms with E-state index in [1.807, 2.05) is 0 Å². The van der Waals surface area contributed by atoms with Crippen LogP contribution in [0.2, 0.25) is 0 Å². The van der Waals surface area contributed by atoms with E-state index in [9.17, 15) is 9.18 Å². The smallest absolute Gasteiger partial charge is 0.274 e. The molecule has 0 aromatic carbocycles. The van der Waals surface area contributed by atoms with Crippen molar-refractivity contribution in [3.63, 3.8) is 0 Å². The van der Waals surface area contributed by atoms with Gasteiger partial charge in [0.05, 0.1) is 11.7 Å². The minimum absolute atomic E-state index is 0.177. The van der Waals surface area contributed by atoms with Crippen LogP contribution < -0.4 is 11.3 Å². The zero-order chi connectivity index (χ0) is 8.72. The Labute approximate surface area is 68.6 Å². The molecule has 1 unspecified atom stereocenters. The minimum Gasteiger partial charge on any atom is -0.394 e. The van der Waals surface area contributed by atoms with Crippen LogP contribution >= 0.6 is 0 Å². The van der Waals surface area contributed by atoms with Crippen LogP contribution in [0.3, 0.4) is 0 Å². The van der Waals surface area contributed by atoms with Gasteiger partial charge in [-0.2, -0.15) is 0 Å². The summed E-state index contributed by atoms with van der Waals surface area (Å²) in [5.41, 5.74) is 5.26. The van der Waals surface area contributed by atoms with E-state index in [0.29, 0.717) is 6.42 Å². The Morgan fingerprint density at radius 3 is 2.92 bits per heavy atom. The van der Waals surface area contributed by atoms with Crippen LogP contribution in [0.25, 0.3) is 0 Å². The van der Waals surface area contributed by atoms with Gasteiger partial charge in [-0.25, -0.2) is 4.39 Å². The molecular formula is C8H9FN2O. The predicted octanol–water partition coefficient (Wildman–Crippen LogP) is 0.713. The minimum atomic E-state index is -0.871. The van der Waals surface area contributed by atoms with Crippen LogP contribution in [0.1, 0.15) is 12.5 Å². The van der Waals surface area contributed by atoms with Gasteiger partial charge in [0.15, 0.2) is 0 Å². The molecule has 1 fully saturated rings. The van der Waals surface area contributed by atoms with E-state index in [2.05, 4.69) is 0 Å². The number of halogens is 1. The molecule has 1 aliphatic carbocycles. The van der Waals surface area contributed by atoms with Crippen molar-refractivity contribution in [2.45, 2.75) is 18.6 Å². The van der Waals surface area contributed by atoms with Crippen LogP contribution in [0.5, 0.6) is 0 Å². The highest BCUT2D eigenvalue weighted by Gasteiger charge is 2.39.